The molecule has 1 N–H and O–H groups in total. The van der Waals surface area contributed by atoms with Crippen molar-refractivity contribution < 1.29 is 4.79 Å². The van der Waals surface area contributed by atoms with Crippen LogP contribution in [0.25, 0.3) is 0 Å². The number of nitrogens with zero attached hydrogens (tertiary/aromatic N) is 3. The van der Waals surface area contributed by atoms with Crippen molar-refractivity contribution in [2.45, 2.75) is 32.4 Å². The summed E-state index contributed by atoms with van der Waals surface area (Å²) in [5.41, 5.74) is 1.53. The number of hydrogen-bond donors (Lipinski definition) is 1. The molecule has 3 rings (SSSR count). The van der Waals surface area contributed by atoms with E-state index in [0.717, 1.165) is 31.5 Å². The molecule has 2 heterocycles. The Kier molecular flexibility index (Phi) is 7.29. The molecule has 1 saturated heterocycles. The second kappa shape index (κ2) is 9.22. The molecule has 0 aliphatic carbocycles. The minimum atomic E-state index is -0.0417. The van der Waals surface area contributed by atoms with E-state index in [9.17, 15) is 4.79 Å². The highest BCUT2D eigenvalue weighted by Crippen LogP contribution is 2.17. The lowest BCUT2D eigenvalue weighted by Crippen LogP contribution is -2.33. The summed E-state index contributed by atoms with van der Waals surface area (Å²) in [6, 6.07) is 9.77. The molecule has 0 saturated carbocycles. The number of rotatable bonds is 5. The van der Waals surface area contributed by atoms with Crippen molar-refractivity contribution in [3.8, 4) is 0 Å². The number of halogens is 2. The third-order valence-corrected chi connectivity index (χ3v) is 4.64. The number of carbonyl (C=O) groups is 1. The van der Waals surface area contributed by atoms with Gasteiger partial charge in [-0.25, -0.2) is 0 Å². The quantitative estimate of drug-likeness (QED) is 0.859. The second-order valence-electron chi connectivity index (χ2n) is 6.13. The van der Waals surface area contributed by atoms with Crippen LogP contribution in [-0.4, -0.2) is 40.2 Å². The third kappa shape index (κ3) is 4.97. The normalized spacial score (nSPS) is 17.0. The maximum Gasteiger partial charge on any atom is 0.274 e. The molecule has 1 amide bonds. The Labute approximate surface area is 159 Å². The van der Waals surface area contributed by atoms with E-state index in [1.807, 2.05) is 48.1 Å². The predicted molar refractivity (Wildman–Crippen MR) is 102 cm³/mol. The smallest absolute Gasteiger partial charge is 0.274 e. The maximum absolute atomic E-state index is 12.8. The molecule has 1 atom stereocenters. The molecule has 1 aliphatic rings. The van der Waals surface area contributed by atoms with Gasteiger partial charge in [-0.05, 0) is 50.1 Å². The molecule has 2 aromatic rings. The van der Waals surface area contributed by atoms with Crippen LogP contribution in [0.4, 0.5) is 0 Å². The minimum Gasteiger partial charge on any atom is -0.333 e. The van der Waals surface area contributed by atoms with E-state index in [0.29, 0.717) is 29.8 Å². The van der Waals surface area contributed by atoms with E-state index in [4.69, 9.17) is 11.6 Å². The van der Waals surface area contributed by atoms with Crippen LogP contribution in [-0.2, 0) is 6.54 Å². The summed E-state index contributed by atoms with van der Waals surface area (Å²) in [4.78, 5) is 14.6. The van der Waals surface area contributed by atoms with Gasteiger partial charge in [0.05, 0.1) is 6.04 Å². The Morgan fingerprint density at radius 2 is 2.28 bits per heavy atom. The van der Waals surface area contributed by atoms with E-state index in [2.05, 4.69) is 10.4 Å². The van der Waals surface area contributed by atoms with Crippen LogP contribution >= 0.6 is 24.0 Å². The predicted octanol–water partition coefficient (Wildman–Crippen LogP) is 3.55. The first-order valence-electron chi connectivity index (χ1n) is 8.47. The first-order valence-corrected chi connectivity index (χ1v) is 8.84. The summed E-state index contributed by atoms with van der Waals surface area (Å²) in [5, 5.41) is 8.58. The molecule has 1 aromatic carbocycles. The molecule has 0 spiro atoms. The first-order chi connectivity index (χ1) is 11.7. The molecule has 136 valence electrons. The standard InChI is InChI=1S/C18H23ClN4O.ClH/c1-2-22(13-14-5-3-6-15(19)11-14)18(24)17-8-10-23(21-17)16-7-4-9-20-12-16;/h3,5-6,8,10-11,16,20H,2,4,7,9,12-13H2,1H3;1H. The average Bonchev–Trinajstić information content (AvgIpc) is 3.10. The molecular weight excluding hydrogens is 359 g/mol. The zero-order chi connectivity index (χ0) is 16.9. The molecule has 1 aliphatic heterocycles. The zero-order valence-corrected chi connectivity index (χ0v) is 15.9. The number of amides is 1. The summed E-state index contributed by atoms with van der Waals surface area (Å²) in [6.45, 7) is 5.11. The van der Waals surface area contributed by atoms with E-state index >= 15 is 0 Å². The SMILES string of the molecule is CCN(Cc1cccc(Cl)c1)C(=O)c1ccn(C2CCCNC2)n1.Cl. The van der Waals surface area contributed by atoms with Gasteiger partial charge in [-0.2, -0.15) is 5.10 Å². The van der Waals surface area contributed by atoms with Gasteiger partial charge in [-0.1, -0.05) is 23.7 Å². The molecular formula is C18H24Cl2N4O. The molecule has 0 bridgehead atoms. The van der Waals surface area contributed by atoms with E-state index in [1.165, 1.54) is 0 Å². The maximum atomic E-state index is 12.8. The molecule has 1 fully saturated rings. The van der Waals surface area contributed by atoms with Crippen LogP contribution in [0.5, 0.6) is 0 Å². The number of piperidine rings is 1. The van der Waals surface area contributed by atoms with Crippen molar-refractivity contribution in [3.05, 3.63) is 52.8 Å². The van der Waals surface area contributed by atoms with Crippen molar-refractivity contribution >= 4 is 29.9 Å². The van der Waals surface area contributed by atoms with Gasteiger partial charge in [0.25, 0.3) is 5.91 Å². The van der Waals surface area contributed by atoms with Gasteiger partial charge in [0.15, 0.2) is 0 Å². The van der Waals surface area contributed by atoms with E-state index in [-0.39, 0.29) is 18.3 Å². The number of benzene rings is 1. The highest BCUT2D eigenvalue weighted by Gasteiger charge is 2.20. The van der Waals surface area contributed by atoms with Crippen LogP contribution in [0.1, 0.15) is 41.9 Å². The van der Waals surface area contributed by atoms with Crippen LogP contribution in [0.15, 0.2) is 36.5 Å². The van der Waals surface area contributed by atoms with Crippen LogP contribution in [0.3, 0.4) is 0 Å². The van der Waals surface area contributed by atoms with Gasteiger partial charge in [0.1, 0.15) is 5.69 Å². The number of nitrogens with one attached hydrogen (secondary N) is 1. The Balaban J connectivity index is 0.00000225. The van der Waals surface area contributed by atoms with Gasteiger partial charge in [0.2, 0.25) is 0 Å². The van der Waals surface area contributed by atoms with Gasteiger partial charge in [-0.3, -0.25) is 9.48 Å². The largest absolute Gasteiger partial charge is 0.333 e. The summed E-state index contributed by atoms with van der Waals surface area (Å²) in [5.74, 6) is -0.0417. The lowest BCUT2D eigenvalue weighted by Gasteiger charge is -2.23. The number of hydrogen-bond acceptors (Lipinski definition) is 3. The highest BCUT2D eigenvalue weighted by molar-refractivity contribution is 6.30. The van der Waals surface area contributed by atoms with E-state index < -0.39 is 0 Å². The molecule has 25 heavy (non-hydrogen) atoms. The van der Waals surface area contributed by atoms with Crippen LogP contribution < -0.4 is 5.32 Å². The Morgan fingerprint density at radius 3 is 2.96 bits per heavy atom. The average molecular weight is 383 g/mol. The molecule has 0 radical (unpaired) electrons. The third-order valence-electron chi connectivity index (χ3n) is 4.40. The monoisotopic (exact) mass is 382 g/mol. The number of aromatic nitrogens is 2. The van der Waals surface area contributed by atoms with Crippen LogP contribution in [0, 0.1) is 0 Å². The van der Waals surface area contributed by atoms with Crippen molar-refractivity contribution in [1.29, 1.82) is 0 Å². The lowest BCUT2D eigenvalue weighted by molar-refractivity contribution is 0.0745. The molecule has 5 nitrogen and oxygen atoms in total. The van der Waals surface area contributed by atoms with Crippen molar-refractivity contribution in [2.24, 2.45) is 0 Å². The van der Waals surface area contributed by atoms with Crippen molar-refractivity contribution in [1.82, 2.24) is 20.0 Å². The fraction of sp³-hybridized carbons (Fsp3) is 0.444. The lowest BCUT2D eigenvalue weighted by atomic mass is 10.1. The fourth-order valence-corrected chi connectivity index (χ4v) is 3.27. The highest BCUT2D eigenvalue weighted by atomic mass is 35.5. The zero-order valence-electron chi connectivity index (χ0n) is 14.3. The van der Waals surface area contributed by atoms with Crippen LogP contribution in [0.2, 0.25) is 5.02 Å². The summed E-state index contributed by atoms with van der Waals surface area (Å²) < 4.78 is 1.92. The topological polar surface area (TPSA) is 50.2 Å². The minimum absolute atomic E-state index is 0. The molecule has 7 heteroatoms. The van der Waals surface area contributed by atoms with E-state index in [1.54, 1.807) is 4.90 Å². The fourth-order valence-electron chi connectivity index (χ4n) is 3.06. The van der Waals surface area contributed by atoms with Gasteiger partial charge >= 0.3 is 0 Å². The summed E-state index contributed by atoms with van der Waals surface area (Å²) in [7, 11) is 0. The van der Waals surface area contributed by atoms with Gasteiger partial charge in [-0.15, -0.1) is 12.4 Å². The van der Waals surface area contributed by atoms with Gasteiger partial charge in [0, 0.05) is 30.9 Å². The summed E-state index contributed by atoms with van der Waals surface area (Å²) in [6.07, 6.45) is 4.16. The molecule has 1 unspecified atom stereocenters. The Hall–Kier alpha value is -1.56. The van der Waals surface area contributed by atoms with Crippen molar-refractivity contribution in [2.75, 3.05) is 19.6 Å². The molecule has 1 aromatic heterocycles. The summed E-state index contributed by atoms with van der Waals surface area (Å²) >= 11 is 6.03. The van der Waals surface area contributed by atoms with Gasteiger partial charge < -0.3 is 10.2 Å². The second-order valence-corrected chi connectivity index (χ2v) is 6.57. The Morgan fingerprint density at radius 1 is 1.44 bits per heavy atom. The Bertz CT molecular complexity index is 698. The number of carbonyl (C=O) groups excluding carboxylic acids is 1. The van der Waals surface area contributed by atoms with Crippen molar-refractivity contribution in [3.63, 3.8) is 0 Å². The first kappa shape index (κ1) is 19.8.